The van der Waals surface area contributed by atoms with Crippen LogP contribution in [0.4, 0.5) is 39.5 Å². The van der Waals surface area contributed by atoms with E-state index in [1.165, 1.54) is 91.4 Å². The minimum atomic E-state index is -7.49. The standard InChI is InChI=1S/C21H18F9NO6S2.C17H18N2O4S2.C17H24O2.C14H20O2.2C10H14O.12CH4/c1-3-13(2)14-9-11-16(12-10-14)36-38(32,33)20(27,28)19(25,26)21(29,30)39(34,35)37-31-17(18(22,23)24)15-7-5-4-6-8-15;1-3-13(2)14-9-11-16(12-10-14)25(22,23)17(19-18)24(20,21)15-7-5-4-6-8-15;1-3-13(2)17(18)19-16(15-11-7-8-12-15)14-9-5-4-6-10-14;1-4-11(3)14(15)16-13(5-2)12-9-7-6-8-10-12;2*1-3-8(2)9-4-6-10(11)7-5-9;;;;;;;;;;;;/h4-13H,3H2,1-2H3;4-13H,3H2,1-2H3;4-6,9-10,13,15-16H,3,7-8,11-12H2,1-2H3;6-11,13H,4-5H2,1-3H3;2*4-8,11H,3H2,1-2H3;12*1H4/b31-17-;;;;;;;;;;;;;;;;;. The number of carbonyl (C=O) groups excluding carboxylic acids is 2. The summed E-state index contributed by atoms with van der Waals surface area (Å²) in [6.45, 7) is 26.1. The molecule has 0 amide bonds. The zero-order valence-corrected chi connectivity index (χ0v) is 73.0. The highest BCUT2D eigenvalue weighted by Gasteiger charge is 2.84. The first-order chi connectivity index (χ1) is 56.7. The van der Waals surface area contributed by atoms with E-state index in [1.807, 2.05) is 126 Å². The maximum absolute atomic E-state index is 14.3. The fourth-order valence-corrected chi connectivity index (χ4v) is 16.4. The van der Waals surface area contributed by atoms with Gasteiger partial charge in [0.05, 0.1) is 21.6 Å². The van der Waals surface area contributed by atoms with Gasteiger partial charge in [-0.05, 0) is 176 Å². The van der Waals surface area contributed by atoms with Crippen LogP contribution in [0.15, 0.2) is 233 Å². The fraction of sp³-hybridized carbons (Fsp3) is 0.485. The molecule has 758 valence electrons. The molecule has 0 heterocycles. The number of phenols is 2. The highest BCUT2D eigenvalue weighted by Crippen LogP contribution is 2.52. The van der Waals surface area contributed by atoms with Crippen LogP contribution in [0.25, 0.3) is 5.53 Å². The van der Waals surface area contributed by atoms with Crippen molar-refractivity contribution in [3.63, 3.8) is 0 Å². The van der Waals surface area contributed by atoms with E-state index in [4.69, 9.17) is 25.2 Å². The summed E-state index contributed by atoms with van der Waals surface area (Å²) in [5.74, 6) is -6.01. The maximum atomic E-state index is 14.3. The number of carbonyl (C=O) groups is 2. The Hall–Kier alpha value is -9.88. The Bertz CT molecular complexity index is 5010. The molecule has 32 heteroatoms. The van der Waals surface area contributed by atoms with E-state index >= 15 is 0 Å². The van der Waals surface area contributed by atoms with E-state index in [0.29, 0.717) is 53.4 Å². The van der Waals surface area contributed by atoms with Gasteiger partial charge in [-0.1, -0.05) is 355 Å². The number of rotatable bonds is 29. The molecule has 0 aromatic heterocycles. The first-order valence-electron chi connectivity index (χ1n) is 39.5. The van der Waals surface area contributed by atoms with Crippen LogP contribution in [0.1, 0.15) is 325 Å². The predicted octanol–water partition coefficient (Wildman–Crippen LogP) is 30.8. The van der Waals surface area contributed by atoms with Gasteiger partial charge in [0.2, 0.25) is 0 Å². The number of phenolic OH excluding ortho intramolecular Hbond substituents is 2. The molecule has 0 aliphatic heterocycles. The van der Waals surface area contributed by atoms with Crippen molar-refractivity contribution in [1.82, 2.24) is 0 Å². The zero-order chi connectivity index (χ0) is 90.9. The molecule has 1 saturated carbocycles. The molecular weight excluding hydrogens is 1810 g/mol. The summed E-state index contributed by atoms with van der Waals surface area (Å²) in [6.07, 6.45) is 5.35. The van der Waals surface area contributed by atoms with Gasteiger partial charge in [0.1, 0.15) is 29.5 Å². The average Bonchev–Trinajstić information content (AvgIpc) is 0.776. The highest BCUT2D eigenvalue weighted by molar-refractivity contribution is 8.31. The number of oxime groups is 1. The molecule has 8 aromatic rings. The number of ether oxygens (including phenoxy) is 2. The van der Waals surface area contributed by atoms with Crippen LogP contribution in [0.2, 0.25) is 0 Å². The van der Waals surface area contributed by atoms with Crippen molar-refractivity contribution in [2.24, 2.45) is 22.9 Å². The molecule has 8 aromatic carbocycles. The normalized spacial score (nSPS) is 13.4. The third-order valence-corrected chi connectivity index (χ3v) is 27.0. The van der Waals surface area contributed by atoms with Crippen molar-refractivity contribution < 1.29 is 116 Å². The molecule has 0 saturated heterocycles. The number of esters is 2. The van der Waals surface area contributed by atoms with Crippen LogP contribution < -0.4 is 4.18 Å². The average molecular weight is 1970 g/mol. The third-order valence-electron chi connectivity index (χ3n) is 20.3. The lowest BCUT2D eigenvalue weighted by Gasteiger charge is -2.30. The Kier molecular flexibility index (Phi) is 68.8. The predicted molar refractivity (Wildman–Crippen MR) is 529 cm³/mol. The third kappa shape index (κ3) is 39.9. The van der Waals surface area contributed by atoms with E-state index in [9.17, 15) is 82.8 Å². The number of hydrogen-bond donors (Lipinski definition) is 2. The van der Waals surface area contributed by atoms with Crippen molar-refractivity contribution in [3.8, 4) is 17.2 Å². The summed E-state index contributed by atoms with van der Waals surface area (Å²) in [5.41, 5.74) is 12.1. The van der Waals surface area contributed by atoms with Gasteiger partial charge in [-0.2, -0.15) is 56.3 Å². The molecule has 1 fully saturated rings. The summed E-state index contributed by atoms with van der Waals surface area (Å²) >= 11 is 0. The van der Waals surface area contributed by atoms with Gasteiger partial charge in [0.15, 0.2) is 5.71 Å². The molecule has 0 radical (unpaired) electrons. The van der Waals surface area contributed by atoms with Crippen LogP contribution in [0.3, 0.4) is 0 Å². The van der Waals surface area contributed by atoms with E-state index in [2.05, 4.69) is 53.1 Å². The number of nitrogens with zero attached hydrogens (tertiary/aromatic N) is 3. The van der Waals surface area contributed by atoms with Crippen molar-refractivity contribution in [1.29, 1.82) is 0 Å². The van der Waals surface area contributed by atoms with Gasteiger partial charge in [-0.3, -0.25) is 13.9 Å². The van der Waals surface area contributed by atoms with Crippen LogP contribution in [-0.4, -0.2) is 93.3 Å². The molecule has 9 rings (SSSR count). The van der Waals surface area contributed by atoms with Gasteiger partial charge < -0.3 is 29.4 Å². The second-order valence-electron chi connectivity index (χ2n) is 28.9. The van der Waals surface area contributed by atoms with E-state index in [-0.39, 0.29) is 147 Å². The Morgan fingerprint density at radius 3 is 1.04 bits per heavy atom. The molecule has 1 aliphatic carbocycles. The van der Waals surface area contributed by atoms with Crippen molar-refractivity contribution in [2.75, 3.05) is 0 Å². The Balaban J connectivity index is -0.000000205. The van der Waals surface area contributed by atoms with Crippen molar-refractivity contribution >= 4 is 61.9 Å². The molecule has 8 unspecified atom stereocenters. The van der Waals surface area contributed by atoms with Crippen molar-refractivity contribution in [2.45, 2.75) is 318 Å². The second kappa shape index (κ2) is 64.9. The number of sulfone groups is 2. The number of hydrogen-bond acceptors (Lipinski definition) is 17. The Labute approximate surface area is 793 Å². The topological polar surface area (TPSA) is 297 Å². The number of halogens is 9. The van der Waals surface area contributed by atoms with Crippen molar-refractivity contribution in [3.05, 3.63) is 263 Å². The lowest BCUT2D eigenvalue weighted by atomic mass is 9.94. The van der Waals surface area contributed by atoms with Crippen LogP contribution in [0.5, 0.6) is 17.2 Å². The van der Waals surface area contributed by atoms with Crippen LogP contribution in [-0.2, 0) is 63.3 Å². The highest BCUT2D eigenvalue weighted by atomic mass is 32.3. The molecule has 133 heavy (non-hydrogen) atoms. The summed E-state index contributed by atoms with van der Waals surface area (Å²) in [4.78, 5) is 25.9. The van der Waals surface area contributed by atoms with Gasteiger partial charge in [-0.15, -0.1) is 4.79 Å². The van der Waals surface area contributed by atoms with Gasteiger partial charge >= 0.3 is 59.2 Å². The SMILES string of the molecule is C.C.C.C.C.C.C.C.C.C.C.C.CCC(C)C(=O)OC(CC)c1ccccc1.CCC(C)C(=O)OC(c1ccccc1)C1CCCC1.CCC(C)c1ccc(O)cc1.CCC(C)c1ccc(O)cc1.CCC(C)c1ccc(OS(=O)(=O)C(F)(F)C(F)(F)C(F)(F)S(=O)(=O)O/N=C(/c2ccccc2)C(F)(F)F)cc1.CCC(C)c1ccc(S(=O)(=O)C(=[N+]=[N-])S(=O)(=O)c2ccccc2)cc1. The van der Waals surface area contributed by atoms with Gasteiger partial charge in [0.25, 0.3) is 19.7 Å². The fourth-order valence-electron chi connectivity index (χ4n) is 11.3. The molecule has 1 aliphatic rings. The second-order valence-corrected chi connectivity index (χ2v) is 36.0. The Morgan fingerprint density at radius 2 is 0.707 bits per heavy atom. The van der Waals surface area contributed by atoms with Gasteiger partial charge in [-0.25, -0.2) is 16.8 Å². The van der Waals surface area contributed by atoms with E-state index in [0.717, 1.165) is 79.5 Å². The number of aromatic hydroxyl groups is 2. The maximum Gasteiger partial charge on any atom is 0.504 e. The molecule has 2 N–H and O–H groups in total. The lowest BCUT2D eigenvalue weighted by Crippen LogP contribution is -2.61. The zero-order valence-electron chi connectivity index (χ0n) is 69.7. The first-order valence-corrected chi connectivity index (χ1v) is 45.3. The van der Waals surface area contributed by atoms with Gasteiger partial charge in [0, 0.05) is 11.5 Å². The Morgan fingerprint density at radius 1 is 0.398 bits per heavy atom. The monoisotopic (exact) mass is 1970 g/mol. The minimum absolute atomic E-state index is 0. The number of alkyl halides is 9. The smallest absolute Gasteiger partial charge is 0.504 e. The molecule has 0 bridgehead atoms. The summed E-state index contributed by atoms with van der Waals surface area (Å²) in [6, 6.07) is 56.1. The summed E-state index contributed by atoms with van der Waals surface area (Å²) in [5, 5.41) is 5.85. The number of benzene rings is 8. The lowest BCUT2D eigenvalue weighted by molar-refractivity contribution is -0.247. The molecule has 19 nitrogen and oxygen atoms in total. The van der Waals surface area contributed by atoms with Crippen LogP contribution >= 0.6 is 0 Å². The summed E-state index contributed by atoms with van der Waals surface area (Å²) < 4.78 is 240. The first kappa shape index (κ1) is 141. The quantitative estimate of drug-likeness (QED) is 0.00643. The largest absolute Gasteiger partial charge is 0.508 e. The van der Waals surface area contributed by atoms with E-state index in [1.54, 1.807) is 56.3 Å². The molecule has 8 atom stereocenters. The summed E-state index contributed by atoms with van der Waals surface area (Å²) in [7, 11) is -23.5. The van der Waals surface area contributed by atoms with Crippen LogP contribution in [0, 0.1) is 17.8 Å². The molecule has 0 spiro atoms. The van der Waals surface area contributed by atoms with E-state index < -0.39 is 83.9 Å². The minimum Gasteiger partial charge on any atom is -0.508 e. The molecular formula is C101H156F9N3O16S4.